The predicted molar refractivity (Wildman–Crippen MR) is 112 cm³/mol. The molecule has 1 heterocycles. The zero-order valence-corrected chi connectivity index (χ0v) is 17.6. The fraction of sp³-hybridized carbons (Fsp3) is 0.609. The molecule has 0 spiro atoms. The number of carbonyl (C=O) groups is 2. The van der Waals surface area contributed by atoms with E-state index in [2.05, 4.69) is 21.6 Å². The number of nitrogens with zero attached hydrogens (tertiary/aromatic N) is 2. The first-order valence-electron chi connectivity index (χ1n) is 10.9. The molecule has 1 unspecified atom stereocenters. The number of piperidine rings is 1. The standard InChI is InChI=1S/C23H31FN4O2/c1-28-13-11-23(16-25,12-14-28)27-22(30)20(15-17-5-3-2-4-6-17)26-21(29)18-7-9-19(24)10-8-18/h7-10,17,20H,2-6,11-15H2,1H3,(H,26,29)(H,27,30). The molecular formula is C23H31FN4O2. The molecule has 7 heteroatoms. The molecular weight excluding hydrogens is 383 g/mol. The molecule has 1 saturated carbocycles. The van der Waals surface area contributed by atoms with E-state index in [1.54, 1.807) is 0 Å². The zero-order chi connectivity index (χ0) is 21.6. The molecule has 30 heavy (non-hydrogen) atoms. The van der Waals surface area contributed by atoms with Gasteiger partial charge in [-0.2, -0.15) is 5.26 Å². The van der Waals surface area contributed by atoms with Crippen LogP contribution in [0.15, 0.2) is 24.3 Å². The highest BCUT2D eigenvalue weighted by Gasteiger charge is 2.38. The smallest absolute Gasteiger partial charge is 0.251 e. The van der Waals surface area contributed by atoms with Crippen LogP contribution >= 0.6 is 0 Å². The maximum absolute atomic E-state index is 13.2. The third-order valence-electron chi connectivity index (χ3n) is 6.44. The Morgan fingerprint density at radius 3 is 2.43 bits per heavy atom. The number of hydrogen-bond donors (Lipinski definition) is 2. The molecule has 1 aromatic rings. The highest BCUT2D eigenvalue weighted by Crippen LogP contribution is 2.28. The first kappa shape index (κ1) is 22.2. The van der Waals surface area contributed by atoms with Gasteiger partial charge in [-0.1, -0.05) is 32.1 Å². The first-order valence-corrected chi connectivity index (χ1v) is 10.9. The van der Waals surface area contributed by atoms with Crippen molar-refractivity contribution < 1.29 is 14.0 Å². The lowest BCUT2D eigenvalue weighted by atomic mass is 9.84. The summed E-state index contributed by atoms with van der Waals surface area (Å²) in [5.41, 5.74) is -0.582. The third-order valence-corrected chi connectivity index (χ3v) is 6.44. The Hall–Kier alpha value is -2.46. The Morgan fingerprint density at radius 2 is 1.83 bits per heavy atom. The lowest BCUT2D eigenvalue weighted by molar-refractivity contribution is -0.125. The maximum atomic E-state index is 13.2. The van der Waals surface area contributed by atoms with E-state index in [0.29, 0.717) is 30.7 Å². The molecule has 0 aromatic heterocycles. The van der Waals surface area contributed by atoms with Gasteiger partial charge in [0, 0.05) is 18.7 Å². The molecule has 1 aliphatic heterocycles. The second kappa shape index (κ2) is 10.0. The van der Waals surface area contributed by atoms with Gasteiger partial charge < -0.3 is 15.5 Å². The third kappa shape index (κ3) is 5.79. The first-order chi connectivity index (χ1) is 14.4. The summed E-state index contributed by atoms with van der Waals surface area (Å²) in [6.45, 7) is 1.48. The molecule has 162 valence electrons. The number of nitrogens with one attached hydrogen (secondary N) is 2. The Balaban J connectivity index is 1.72. The van der Waals surface area contributed by atoms with Gasteiger partial charge in [0.1, 0.15) is 17.4 Å². The van der Waals surface area contributed by atoms with Gasteiger partial charge >= 0.3 is 0 Å². The Kier molecular flexibility index (Phi) is 7.43. The number of nitriles is 1. The molecule has 6 nitrogen and oxygen atoms in total. The van der Waals surface area contributed by atoms with Crippen LogP contribution in [0.2, 0.25) is 0 Å². The zero-order valence-electron chi connectivity index (χ0n) is 17.6. The topological polar surface area (TPSA) is 85.2 Å². The number of amides is 2. The normalized spacial score (nSPS) is 20.7. The maximum Gasteiger partial charge on any atom is 0.251 e. The number of rotatable bonds is 6. The van der Waals surface area contributed by atoms with Crippen LogP contribution in [-0.4, -0.2) is 48.4 Å². The summed E-state index contributed by atoms with van der Waals surface area (Å²) < 4.78 is 13.2. The van der Waals surface area contributed by atoms with E-state index >= 15 is 0 Å². The van der Waals surface area contributed by atoms with Crippen LogP contribution in [0.25, 0.3) is 0 Å². The molecule has 0 radical (unpaired) electrons. The monoisotopic (exact) mass is 414 g/mol. The second-order valence-electron chi connectivity index (χ2n) is 8.76. The number of carbonyl (C=O) groups excluding carboxylic acids is 2. The summed E-state index contributed by atoms with van der Waals surface area (Å²) in [6.07, 6.45) is 7.26. The van der Waals surface area contributed by atoms with E-state index < -0.39 is 23.3 Å². The molecule has 0 bridgehead atoms. The minimum absolute atomic E-state index is 0.304. The lowest BCUT2D eigenvalue weighted by Gasteiger charge is -2.37. The highest BCUT2D eigenvalue weighted by atomic mass is 19.1. The summed E-state index contributed by atoms with van der Waals surface area (Å²) in [7, 11) is 2.00. The summed E-state index contributed by atoms with van der Waals surface area (Å²) >= 11 is 0. The molecule has 2 aliphatic rings. The van der Waals surface area contributed by atoms with E-state index in [1.165, 1.54) is 30.7 Å². The number of likely N-dealkylation sites (tertiary alicyclic amines) is 1. The van der Waals surface area contributed by atoms with Crippen molar-refractivity contribution in [1.29, 1.82) is 5.26 Å². The minimum atomic E-state index is -0.894. The number of hydrogen-bond acceptors (Lipinski definition) is 4. The number of benzene rings is 1. The predicted octanol–water partition coefficient (Wildman–Crippen LogP) is 3.00. The van der Waals surface area contributed by atoms with Crippen molar-refractivity contribution in [3.05, 3.63) is 35.6 Å². The van der Waals surface area contributed by atoms with Crippen LogP contribution in [-0.2, 0) is 4.79 Å². The quantitative estimate of drug-likeness (QED) is 0.749. The van der Waals surface area contributed by atoms with Gasteiger partial charge in [0.25, 0.3) is 5.91 Å². The Labute approximate surface area is 177 Å². The molecule has 1 saturated heterocycles. The van der Waals surface area contributed by atoms with E-state index in [-0.39, 0.29) is 5.91 Å². The average molecular weight is 415 g/mol. The van der Waals surface area contributed by atoms with Gasteiger partial charge in [0.2, 0.25) is 5.91 Å². The van der Waals surface area contributed by atoms with Gasteiger partial charge in [-0.3, -0.25) is 9.59 Å². The van der Waals surface area contributed by atoms with E-state index in [0.717, 1.165) is 38.8 Å². The summed E-state index contributed by atoms with van der Waals surface area (Å²) in [5.74, 6) is -0.748. The lowest BCUT2D eigenvalue weighted by Crippen LogP contribution is -2.58. The summed E-state index contributed by atoms with van der Waals surface area (Å²) in [4.78, 5) is 28.0. The van der Waals surface area contributed by atoms with Crippen molar-refractivity contribution >= 4 is 11.8 Å². The SMILES string of the molecule is CN1CCC(C#N)(NC(=O)C(CC2CCCCC2)NC(=O)c2ccc(F)cc2)CC1. The van der Waals surface area contributed by atoms with E-state index in [1.807, 2.05) is 7.05 Å². The van der Waals surface area contributed by atoms with Crippen LogP contribution in [0.3, 0.4) is 0 Å². The van der Waals surface area contributed by atoms with Gasteiger partial charge in [-0.05, 0) is 56.5 Å². The van der Waals surface area contributed by atoms with Crippen molar-refractivity contribution in [3.8, 4) is 6.07 Å². The van der Waals surface area contributed by atoms with Crippen molar-refractivity contribution in [1.82, 2.24) is 15.5 Å². The molecule has 2 amide bonds. The van der Waals surface area contributed by atoms with Crippen molar-refractivity contribution in [2.24, 2.45) is 5.92 Å². The molecule has 1 atom stereocenters. The van der Waals surface area contributed by atoms with E-state index in [9.17, 15) is 19.2 Å². The fourth-order valence-corrected chi connectivity index (χ4v) is 4.42. The van der Waals surface area contributed by atoms with Gasteiger partial charge in [0.15, 0.2) is 0 Å². The highest BCUT2D eigenvalue weighted by molar-refractivity contribution is 5.97. The van der Waals surface area contributed by atoms with Crippen LogP contribution in [0.5, 0.6) is 0 Å². The largest absolute Gasteiger partial charge is 0.340 e. The van der Waals surface area contributed by atoms with Gasteiger partial charge in [0.05, 0.1) is 6.07 Å². The summed E-state index contributed by atoms with van der Waals surface area (Å²) in [5, 5.41) is 15.6. The fourth-order valence-electron chi connectivity index (χ4n) is 4.42. The second-order valence-corrected chi connectivity index (χ2v) is 8.76. The average Bonchev–Trinajstić information content (AvgIpc) is 2.76. The van der Waals surface area contributed by atoms with Crippen molar-refractivity contribution in [3.63, 3.8) is 0 Å². The van der Waals surface area contributed by atoms with Gasteiger partial charge in [-0.15, -0.1) is 0 Å². The minimum Gasteiger partial charge on any atom is -0.340 e. The Morgan fingerprint density at radius 1 is 1.20 bits per heavy atom. The van der Waals surface area contributed by atoms with Crippen LogP contribution in [0.4, 0.5) is 4.39 Å². The van der Waals surface area contributed by atoms with Crippen LogP contribution in [0, 0.1) is 23.1 Å². The number of halogens is 1. The summed E-state index contributed by atoms with van der Waals surface area (Å²) in [6, 6.07) is 6.88. The molecule has 2 fully saturated rings. The molecule has 2 N–H and O–H groups in total. The molecule has 3 rings (SSSR count). The van der Waals surface area contributed by atoms with Crippen LogP contribution in [0.1, 0.15) is 61.7 Å². The molecule has 1 aromatic carbocycles. The molecule has 1 aliphatic carbocycles. The van der Waals surface area contributed by atoms with Crippen LogP contribution < -0.4 is 10.6 Å². The van der Waals surface area contributed by atoms with Crippen molar-refractivity contribution in [2.75, 3.05) is 20.1 Å². The van der Waals surface area contributed by atoms with Crippen molar-refractivity contribution in [2.45, 2.75) is 62.9 Å². The van der Waals surface area contributed by atoms with E-state index in [4.69, 9.17) is 0 Å². The van der Waals surface area contributed by atoms with Gasteiger partial charge in [-0.25, -0.2) is 4.39 Å². The Bertz CT molecular complexity index is 775.